The molecule has 1 aliphatic rings. The van der Waals surface area contributed by atoms with Crippen molar-refractivity contribution in [2.45, 2.75) is 17.4 Å². The smallest absolute Gasteiger partial charge is 0.242 e. The van der Waals surface area contributed by atoms with Crippen LogP contribution in [0.3, 0.4) is 0 Å². The summed E-state index contributed by atoms with van der Waals surface area (Å²) in [6, 6.07) is 3.35. The fourth-order valence-electron chi connectivity index (χ4n) is 2.11. The first-order valence-electron chi connectivity index (χ1n) is 6.20. The predicted molar refractivity (Wildman–Crippen MR) is 89.7 cm³/mol. The molecule has 9 heteroatoms. The lowest BCUT2D eigenvalue weighted by atomic mass is 10.1. The Labute approximate surface area is 148 Å². The number of hydrogen-bond donors (Lipinski definition) is 2. The van der Waals surface area contributed by atoms with E-state index in [0.29, 0.717) is 22.0 Å². The molecule has 21 heavy (non-hydrogen) atoms. The Morgan fingerprint density at radius 2 is 1.90 bits per heavy atom. The largest absolute Gasteiger partial charge is 0.396 e. The van der Waals surface area contributed by atoms with Crippen molar-refractivity contribution >= 4 is 57.8 Å². The van der Waals surface area contributed by atoms with E-state index in [1.165, 1.54) is 0 Å². The predicted octanol–water partition coefficient (Wildman–Crippen LogP) is 2.65. The zero-order valence-corrected chi connectivity index (χ0v) is 16.4. The van der Waals surface area contributed by atoms with Crippen LogP contribution in [0, 0.1) is 5.92 Å². The minimum absolute atomic E-state index is 0.0626. The second kappa shape index (κ2) is 7.37. The molecule has 1 saturated heterocycles. The van der Waals surface area contributed by atoms with Crippen LogP contribution in [0.1, 0.15) is 6.42 Å². The van der Waals surface area contributed by atoms with Gasteiger partial charge in [0.05, 0.1) is 12.7 Å². The summed E-state index contributed by atoms with van der Waals surface area (Å²) in [5, 5.41) is 9.05. The fourth-order valence-corrected chi connectivity index (χ4v) is 6.83. The molecule has 0 radical (unpaired) electrons. The van der Waals surface area contributed by atoms with Gasteiger partial charge in [0.1, 0.15) is 4.90 Å². The molecule has 0 aromatic heterocycles. The number of hydrogen-bond acceptors (Lipinski definition) is 4. The molecule has 0 amide bonds. The number of rotatable bonds is 5. The molecular weight excluding hydrogens is 494 g/mol. The van der Waals surface area contributed by atoms with Gasteiger partial charge in [0, 0.05) is 32.5 Å². The highest BCUT2D eigenvalue weighted by Crippen LogP contribution is 2.33. The van der Waals surface area contributed by atoms with Gasteiger partial charge in [-0.2, -0.15) is 0 Å². The number of ether oxygens (including phenoxy) is 1. The van der Waals surface area contributed by atoms with Crippen molar-refractivity contribution in [2.75, 3.05) is 19.8 Å². The number of nitrogens with one attached hydrogen (secondary N) is 1. The van der Waals surface area contributed by atoms with Gasteiger partial charge in [0.15, 0.2) is 0 Å². The van der Waals surface area contributed by atoms with Crippen LogP contribution in [0.4, 0.5) is 0 Å². The molecule has 1 aromatic rings. The first-order chi connectivity index (χ1) is 9.83. The van der Waals surface area contributed by atoms with Gasteiger partial charge in [0.2, 0.25) is 10.0 Å². The van der Waals surface area contributed by atoms with Crippen molar-refractivity contribution in [2.24, 2.45) is 5.92 Å². The van der Waals surface area contributed by atoms with E-state index in [9.17, 15) is 8.42 Å². The van der Waals surface area contributed by atoms with E-state index in [0.717, 1.165) is 4.47 Å². The Morgan fingerprint density at radius 1 is 1.29 bits per heavy atom. The summed E-state index contributed by atoms with van der Waals surface area (Å²) in [6.07, 6.45) is 0.451. The maximum absolute atomic E-state index is 12.4. The first-order valence-corrected chi connectivity index (χ1v) is 10.1. The van der Waals surface area contributed by atoms with Crippen LogP contribution < -0.4 is 4.72 Å². The molecule has 2 unspecified atom stereocenters. The van der Waals surface area contributed by atoms with Crippen LogP contribution >= 0.6 is 47.8 Å². The van der Waals surface area contributed by atoms with Crippen LogP contribution in [0.15, 0.2) is 30.4 Å². The standard InChI is InChI=1S/C12H14Br3NO4S/c13-8-2-10(14)12(11(15)3-8)21(18,19)16-4-9-1-7(5-17)6-20-9/h2-3,7,9,16-17H,1,4-6H2. The van der Waals surface area contributed by atoms with Crippen molar-refractivity contribution < 1.29 is 18.3 Å². The van der Waals surface area contributed by atoms with E-state index in [1.807, 2.05) is 0 Å². The van der Waals surface area contributed by atoms with Gasteiger partial charge in [-0.1, -0.05) is 15.9 Å². The van der Waals surface area contributed by atoms with Crippen LogP contribution in [0.25, 0.3) is 0 Å². The molecule has 0 bridgehead atoms. The Kier molecular flexibility index (Phi) is 6.26. The number of aliphatic hydroxyl groups is 1. The van der Waals surface area contributed by atoms with E-state index in [1.54, 1.807) is 12.1 Å². The number of halogens is 3. The van der Waals surface area contributed by atoms with Crippen molar-refractivity contribution in [3.05, 3.63) is 25.6 Å². The minimum Gasteiger partial charge on any atom is -0.396 e. The molecule has 0 saturated carbocycles. The molecule has 0 spiro atoms. The summed E-state index contributed by atoms with van der Waals surface area (Å²) in [4.78, 5) is 0.155. The van der Waals surface area contributed by atoms with Crippen molar-refractivity contribution in [1.82, 2.24) is 4.72 Å². The Bertz CT molecular complexity index is 600. The van der Waals surface area contributed by atoms with Crippen LogP contribution in [0.5, 0.6) is 0 Å². The number of benzene rings is 1. The minimum atomic E-state index is -3.66. The van der Waals surface area contributed by atoms with Crippen molar-refractivity contribution in [3.8, 4) is 0 Å². The molecule has 5 nitrogen and oxygen atoms in total. The van der Waals surface area contributed by atoms with Gasteiger partial charge in [-0.05, 0) is 50.4 Å². The van der Waals surface area contributed by atoms with E-state index in [-0.39, 0.29) is 30.1 Å². The van der Waals surface area contributed by atoms with Gasteiger partial charge in [-0.3, -0.25) is 0 Å². The Morgan fingerprint density at radius 3 is 2.43 bits per heavy atom. The molecule has 1 fully saturated rings. The van der Waals surface area contributed by atoms with Crippen molar-refractivity contribution in [3.63, 3.8) is 0 Å². The summed E-state index contributed by atoms with van der Waals surface area (Å²) < 4.78 is 34.5. The van der Waals surface area contributed by atoms with Gasteiger partial charge in [0.25, 0.3) is 0 Å². The van der Waals surface area contributed by atoms with Crippen LogP contribution in [-0.4, -0.2) is 39.4 Å². The highest BCUT2D eigenvalue weighted by atomic mass is 79.9. The maximum atomic E-state index is 12.4. The van der Waals surface area contributed by atoms with Gasteiger partial charge in [-0.15, -0.1) is 0 Å². The van der Waals surface area contributed by atoms with Gasteiger partial charge >= 0.3 is 0 Å². The quantitative estimate of drug-likeness (QED) is 0.642. The molecule has 118 valence electrons. The monoisotopic (exact) mass is 505 g/mol. The summed E-state index contributed by atoms with van der Waals surface area (Å²) in [5.74, 6) is 0.0886. The van der Waals surface area contributed by atoms with E-state index in [2.05, 4.69) is 52.5 Å². The molecule has 1 heterocycles. The summed E-state index contributed by atoms with van der Waals surface area (Å²) in [7, 11) is -3.66. The zero-order valence-electron chi connectivity index (χ0n) is 10.9. The number of sulfonamides is 1. The third kappa shape index (κ3) is 4.49. The SMILES string of the molecule is O=S(=O)(NCC1CC(CO)CO1)c1c(Br)cc(Br)cc1Br. The molecular formula is C12H14Br3NO4S. The van der Waals surface area contributed by atoms with Crippen LogP contribution in [0.2, 0.25) is 0 Å². The van der Waals surface area contributed by atoms with Crippen LogP contribution in [-0.2, 0) is 14.8 Å². The van der Waals surface area contributed by atoms with Crippen molar-refractivity contribution in [1.29, 1.82) is 0 Å². The molecule has 2 rings (SSSR count). The molecule has 1 aromatic carbocycles. The molecule has 1 aliphatic heterocycles. The zero-order chi connectivity index (χ0) is 15.6. The third-order valence-corrected chi connectivity index (χ3v) is 6.91. The second-order valence-electron chi connectivity index (χ2n) is 4.79. The Balaban J connectivity index is 2.09. The highest BCUT2D eigenvalue weighted by molar-refractivity contribution is 9.11. The lowest BCUT2D eigenvalue weighted by molar-refractivity contribution is 0.104. The topological polar surface area (TPSA) is 75.6 Å². The maximum Gasteiger partial charge on any atom is 0.242 e. The normalized spacial score (nSPS) is 22.7. The van der Waals surface area contributed by atoms with Gasteiger partial charge in [-0.25, -0.2) is 13.1 Å². The lowest BCUT2D eigenvalue weighted by Gasteiger charge is -2.14. The number of aliphatic hydroxyl groups excluding tert-OH is 1. The summed E-state index contributed by atoms with van der Waals surface area (Å²) in [5.41, 5.74) is 0. The Hall–Kier alpha value is 0.490. The van der Waals surface area contributed by atoms with E-state index < -0.39 is 10.0 Å². The summed E-state index contributed by atoms with van der Waals surface area (Å²) in [6.45, 7) is 0.718. The fraction of sp³-hybridized carbons (Fsp3) is 0.500. The average molecular weight is 508 g/mol. The summed E-state index contributed by atoms with van der Waals surface area (Å²) >= 11 is 9.83. The molecule has 2 atom stereocenters. The van der Waals surface area contributed by atoms with Gasteiger partial charge < -0.3 is 9.84 Å². The lowest BCUT2D eigenvalue weighted by Crippen LogP contribution is -2.32. The van der Waals surface area contributed by atoms with E-state index in [4.69, 9.17) is 9.84 Å². The highest BCUT2D eigenvalue weighted by Gasteiger charge is 2.28. The average Bonchev–Trinajstić information content (AvgIpc) is 2.82. The first kappa shape index (κ1) is 17.8. The molecule has 2 N–H and O–H groups in total. The third-order valence-electron chi connectivity index (χ3n) is 3.15. The second-order valence-corrected chi connectivity index (χ2v) is 9.12. The van der Waals surface area contributed by atoms with E-state index >= 15 is 0 Å². The molecule has 0 aliphatic carbocycles.